The maximum absolute atomic E-state index is 10.8. The summed E-state index contributed by atoms with van der Waals surface area (Å²) in [7, 11) is 0. The van der Waals surface area contributed by atoms with Gasteiger partial charge in [0.15, 0.2) is 6.10 Å². The first-order valence-electron chi connectivity index (χ1n) is 8.74. The monoisotopic (exact) mass is 450 g/mol. The van der Waals surface area contributed by atoms with Crippen molar-refractivity contribution in [1.29, 1.82) is 0 Å². The second-order valence-corrected chi connectivity index (χ2v) is 6.51. The van der Waals surface area contributed by atoms with Crippen molar-refractivity contribution in [2.75, 3.05) is 6.61 Å². The number of aliphatic carboxylic acids is 1. The van der Waals surface area contributed by atoms with Crippen LogP contribution in [-0.4, -0.2) is 39.1 Å². The normalized spacial score (nSPS) is 11.1. The van der Waals surface area contributed by atoms with E-state index in [0.717, 1.165) is 0 Å². The Bertz CT molecular complexity index is 1020. The van der Waals surface area contributed by atoms with E-state index < -0.39 is 17.4 Å². The molecule has 2 aromatic carbocycles. The number of benzene rings is 2. The lowest BCUT2D eigenvalue weighted by Gasteiger charge is -2.11. The first-order chi connectivity index (χ1) is 14.3. The molecule has 0 saturated carbocycles. The van der Waals surface area contributed by atoms with Gasteiger partial charge in [0.2, 0.25) is 5.88 Å². The maximum atomic E-state index is 10.8. The number of carbonyl (C=O) groups is 2. The molecule has 10 heteroatoms. The molecule has 0 bridgehead atoms. The summed E-state index contributed by atoms with van der Waals surface area (Å²) >= 11 is 9.23. The summed E-state index contributed by atoms with van der Waals surface area (Å²) in [6.45, 7) is 3.60. The Hall–Kier alpha value is -3.04. The topological polar surface area (TPSA) is 108 Å². The first-order valence-corrected chi connectivity index (χ1v) is 9.56. The number of carboxylic acids is 1. The molecule has 1 unspecified atom stereocenters. The minimum absolute atomic E-state index is 0.345. The van der Waals surface area contributed by atoms with Gasteiger partial charge in [0, 0.05) is 5.02 Å². The summed E-state index contributed by atoms with van der Waals surface area (Å²) < 4.78 is 15.2. The highest BCUT2D eigenvalue weighted by Gasteiger charge is 2.12. The first kappa shape index (κ1) is 23.2. The Morgan fingerprint density at radius 1 is 1.13 bits per heavy atom. The molecule has 8 nitrogen and oxygen atoms in total. The minimum Gasteiger partial charge on any atom is -0.479 e. The van der Waals surface area contributed by atoms with E-state index in [-0.39, 0.29) is 0 Å². The molecule has 1 heterocycles. The van der Waals surface area contributed by atoms with Gasteiger partial charge in [-0.2, -0.15) is 0 Å². The molecule has 1 aromatic heterocycles. The molecule has 0 radical (unpaired) electrons. The third kappa shape index (κ3) is 7.41. The van der Waals surface area contributed by atoms with Crippen LogP contribution in [-0.2, 0) is 9.53 Å². The number of thiol groups is 1. The molecule has 1 N–H and O–H groups in total. The molecule has 0 aliphatic heterocycles. The summed E-state index contributed by atoms with van der Waals surface area (Å²) in [5, 5.41) is 8.90. The highest BCUT2D eigenvalue weighted by atomic mass is 35.5. The van der Waals surface area contributed by atoms with Crippen LogP contribution in [0.3, 0.4) is 0 Å². The molecular formula is C20H19ClN2O6S. The van der Waals surface area contributed by atoms with Crippen molar-refractivity contribution < 1.29 is 28.9 Å². The molecule has 0 fully saturated rings. The van der Waals surface area contributed by atoms with Gasteiger partial charge in [-0.25, -0.2) is 19.6 Å². The molecule has 30 heavy (non-hydrogen) atoms. The number of ether oxygens (including phenoxy) is 3. The van der Waals surface area contributed by atoms with E-state index in [1.807, 2.05) is 0 Å². The second-order valence-electron chi connectivity index (χ2n) is 5.71. The van der Waals surface area contributed by atoms with Gasteiger partial charge < -0.3 is 19.3 Å². The third-order valence-electron chi connectivity index (χ3n) is 3.46. The summed E-state index contributed by atoms with van der Waals surface area (Å²) in [6, 6.07) is 11.8. The number of hydrogen-bond donors (Lipinski definition) is 2. The summed E-state index contributed by atoms with van der Waals surface area (Å²) in [5.74, 6) is 0.295. The van der Waals surface area contributed by atoms with Crippen LogP contribution < -0.4 is 9.47 Å². The van der Waals surface area contributed by atoms with Crippen molar-refractivity contribution in [2.45, 2.75) is 20.0 Å². The zero-order chi connectivity index (χ0) is 22.1. The Morgan fingerprint density at radius 3 is 2.37 bits per heavy atom. The molecule has 3 aromatic rings. The fraction of sp³-hybridized carbons (Fsp3) is 0.200. The van der Waals surface area contributed by atoms with Crippen LogP contribution in [0.25, 0.3) is 11.0 Å². The van der Waals surface area contributed by atoms with Gasteiger partial charge in [0.25, 0.3) is 0 Å². The fourth-order valence-electron chi connectivity index (χ4n) is 2.10. The Labute approximate surface area is 183 Å². The summed E-state index contributed by atoms with van der Waals surface area (Å²) in [4.78, 5) is 29.1. The van der Waals surface area contributed by atoms with Crippen molar-refractivity contribution in [2.24, 2.45) is 0 Å². The molecule has 0 saturated heterocycles. The Morgan fingerprint density at radius 2 is 1.80 bits per heavy atom. The summed E-state index contributed by atoms with van der Waals surface area (Å²) in [6.07, 6.45) is 0.588. The van der Waals surface area contributed by atoms with Crippen LogP contribution in [0.4, 0.5) is 4.79 Å². The zero-order valence-electron chi connectivity index (χ0n) is 16.1. The predicted molar refractivity (Wildman–Crippen MR) is 115 cm³/mol. The minimum atomic E-state index is -1.03. The van der Waals surface area contributed by atoms with Crippen LogP contribution in [0.15, 0.2) is 48.7 Å². The van der Waals surface area contributed by atoms with Crippen molar-refractivity contribution in [3.05, 3.63) is 53.7 Å². The molecule has 1 atom stereocenters. The van der Waals surface area contributed by atoms with Crippen LogP contribution >= 0.6 is 24.2 Å². The van der Waals surface area contributed by atoms with E-state index in [2.05, 4.69) is 27.3 Å². The van der Waals surface area contributed by atoms with E-state index in [4.69, 9.17) is 26.2 Å². The number of hydrogen-bond acceptors (Lipinski definition) is 7. The summed E-state index contributed by atoms with van der Waals surface area (Å²) in [5.41, 5.74) is 1.35. The Balaban J connectivity index is 0.000000469. The lowest BCUT2D eigenvalue weighted by atomic mass is 10.3. The van der Waals surface area contributed by atoms with Crippen molar-refractivity contribution in [3.63, 3.8) is 0 Å². The largest absolute Gasteiger partial charge is 0.479 e. The molecule has 0 spiro atoms. The maximum Gasteiger partial charge on any atom is 0.364 e. The highest BCUT2D eigenvalue weighted by Crippen LogP contribution is 2.24. The lowest BCUT2D eigenvalue weighted by Crippen LogP contribution is -2.22. The van der Waals surface area contributed by atoms with Gasteiger partial charge in [-0.15, -0.1) is 0 Å². The van der Waals surface area contributed by atoms with Crippen molar-refractivity contribution >= 4 is 46.5 Å². The molecular weight excluding hydrogens is 432 g/mol. The third-order valence-corrected chi connectivity index (χ3v) is 3.82. The van der Waals surface area contributed by atoms with Crippen LogP contribution in [0.5, 0.6) is 17.4 Å². The number of carbonyl (C=O) groups excluding carboxylic acids is 1. The average Bonchev–Trinajstić information content (AvgIpc) is 2.70. The molecule has 0 aliphatic carbocycles. The molecule has 0 amide bonds. The SMILES string of the molecule is CC(Oc1ccc(Oc2cnc3cc(Cl)ccc3n2)cc1)C(=O)O.CCOC(=O)S. The van der Waals surface area contributed by atoms with Gasteiger partial charge >= 0.3 is 11.3 Å². The second kappa shape index (κ2) is 11.2. The van der Waals surface area contributed by atoms with E-state index in [9.17, 15) is 9.59 Å². The van der Waals surface area contributed by atoms with Gasteiger partial charge in [0.1, 0.15) is 11.5 Å². The number of rotatable bonds is 6. The van der Waals surface area contributed by atoms with Gasteiger partial charge in [0.05, 0.1) is 23.8 Å². The number of aromatic nitrogens is 2. The molecule has 158 valence electrons. The van der Waals surface area contributed by atoms with Gasteiger partial charge in [-0.1, -0.05) is 24.2 Å². The van der Waals surface area contributed by atoms with Crippen molar-refractivity contribution in [1.82, 2.24) is 9.97 Å². The zero-order valence-corrected chi connectivity index (χ0v) is 17.8. The predicted octanol–water partition coefficient (Wildman–Crippen LogP) is 5.00. The van der Waals surface area contributed by atoms with E-state index in [1.54, 1.807) is 49.4 Å². The van der Waals surface area contributed by atoms with E-state index in [1.165, 1.54) is 13.1 Å². The molecule has 0 aliphatic rings. The van der Waals surface area contributed by atoms with Gasteiger partial charge in [-0.05, 0) is 56.3 Å². The number of fused-ring (bicyclic) bond motifs is 1. The fourth-order valence-corrected chi connectivity index (χ4v) is 2.40. The smallest absolute Gasteiger partial charge is 0.364 e. The van der Waals surface area contributed by atoms with Gasteiger partial charge in [-0.3, -0.25) is 0 Å². The lowest BCUT2D eigenvalue weighted by molar-refractivity contribution is -0.144. The highest BCUT2D eigenvalue weighted by molar-refractivity contribution is 7.96. The van der Waals surface area contributed by atoms with Crippen LogP contribution in [0, 0.1) is 0 Å². The quantitative estimate of drug-likeness (QED) is 0.399. The Kier molecular flexibility index (Phi) is 8.70. The molecule has 3 rings (SSSR count). The average molecular weight is 451 g/mol. The van der Waals surface area contributed by atoms with Crippen molar-refractivity contribution in [3.8, 4) is 17.4 Å². The van der Waals surface area contributed by atoms with Crippen LogP contribution in [0.2, 0.25) is 5.02 Å². The van der Waals surface area contributed by atoms with E-state index >= 15 is 0 Å². The van der Waals surface area contributed by atoms with Crippen LogP contribution in [0.1, 0.15) is 13.8 Å². The van der Waals surface area contributed by atoms with E-state index in [0.29, 0.717) is 40.0 Å². The number of halogens is 1. The number of nitrogens with zero attached hydrogens (tertiary/aromatic N) is 2. The standard InChI is InChI=1S/C17H13ClN2O4.C3H6O2S/c1-10(17(21)22)23-12-3-5-13(6-4-12)24-16-9-19-15-8-11(18)2-7-14(15)20-16;1-2-5-3(4)6/h2-10H,1H3,(H,21,22);2H2,1H3,(H,4,6). The number of carboxylic acid groups (broad SMARTS) is 1.